The highest BCUT2D eigenvalue weighted by Gasteiger charge is 2.34. The van der Waals surface area contributed by atoms with Crippen LogP contribution in [0.1, 0.15) is 34.9 Å². The van der Waals surface area contributed by atoms with Crippen molar-refractivity contribution in [1.82, 2.24) is 14.1 Å². The summed E-state index contributed by atoms with van der Waals surface area (Å²) >= 11 is 0. The maximum Gasteiger partial charge on any atom is 0.251 e. The Morgan fingerprint density at radius 1 is 0.824 bits per heavy atom. The van der Waals surface area contributed by atoms with Crippen LogP contribution in [-0.4, -0.2) is 14.1 Å². The summed E-state index contributed by atoms with van der Waals surface area (Å²) in [6.45, 7) is 6.47. The smallest absolute Gasteiger partial charge is 0.251 e. The van der Waals surface area contributed by atoms with Crippen molar-refractivity contribution >= 4 is 10.9 Å². The number of benzene rings is 3. The van der Waals surface area contributed by atoms with Gasteiger partial charge in [-0.2, -0.15) is 0 Å². The molecule has 5 aromatic rings. The van der Waals surface area contributed by atoms with E-state index in [4.69, 9.17) is 0 Å². The Labute approximate surface area is 200 Å². The van der Waals surface area contributed by atoms with Crippen molar-refractivity contribution in [2.45, 2.75) is 26.2 Å². The first-order valence-electron chi connectivity index (χ1n) is 11.5. The fourth-order valence-corrected chi connectivity index (χ4v) is 4.99. The molecule has 4 nitrogen and oxygen atoms in total. The number of imidazole rings is 1. The van der Waals surface area contributed by atoms with Crippen LogP contribution in [0.2, 0.25) is 0 Å². The summed E-state index contributed by atoms with van der Waals surface area (Å²) in [5, 5.41) is 1.06. The van der Waals surface area contributed by atoms with Crippen LogP contribution >= 0.6 is 0 Å². The quantitative estimate of drug-likeness (QED) is 0.344. The molecule has 0 fully saturated rings. The molecular weight excluding hydrogens is 418 g/mol. The summed E-state index contributed by atoms with van der Waals surface area (Å²) in [6.07, 6.45) is 3.80. The Balaban J connectivity index is 1.84. The predicted octanol–water partition coefficient (Wildman–Crippen LogP) is 5.91. The number of pyridine rings is 1. The van der Waals surface area contributed by atoms with Crippen molar-refractivity contribution in [2.75, 3.05) is 0 Å². The molecule has 0 aliphatic carbocycles. The van der Waals surface area contributed by atoms with Crippen molar-refractivity contribution in [3.8, 4) is 11.1 Å². The average molecular weight is 448 g/mol. The minimum absolute atomic E-state index is 0.00839. The Kier molecular flexibility index (Phi) is 5.24. The van der Waals surface area contributed by atoms with Crippen LogP contribution in [0.25, 0.3) is 22.0 Å². The van der Waals surface area contributed by atoms with Crippen molar-refractivity contribution in [1.29, 1.82) is 0 Å². The van der Waals surface area contributed by atoms with Gasteiger partial charge in [-0.25, -0.2) is 4.98 Å². The third-order valence-corrected chi connectivity index (χ3v) is 7.32. The lowest BCUT2D eigenvalue weighted by Gasteiger charge is -2.32. The molecule has 0 N–H and O–H groups in total. The van der Waals surface area contributed by atoms with Gasteiger partial charge in [-0.05, 0) is 66.3 Å². The summed E-state index contributed by atoms with van der Waals surface area (Å²) in [4.78, 5) is 17.3. The number of fused-ring (bicyclic) bond motifs is 1. The lowest BCUT2D eigenvalue weighted by Crippen LogP contribution is -2.28. The SMILES string of the molecule is Cc1ccc(-c2cc(=O)n(C)c3ccc(C(C)(c4ccccc4)c4cncn4C)cc23)cc1C. The zero-order valence-electron chi connectivity index (χ0n) is 20.3. The fraction of sp³-hybridized carbons (Fsp3) is 0.200. The third kappa shape index (κ3) is 3.38. The van der Waals surface area contributed by atoms with E-state index in [9.17, 15) is 4.79 Å². The van der Waals surface area contributed by atoms with Crippen LogP contribution in [0.4, 0.5) is 0 Å². The van der Waals surface area contributed by atoms with Crippen LogP contribution in [0, 0.1) is 13.8 Å². The molecule has 3 aromatic carbocycles. The second kappa shape index (κ2) is 8.14. The number of rotatable bonds is 4. The van der Waals surface area contributed by atoms with Gasteiger partial charge in [0.05, 0.1) is 23.0 Å². The number of aromatic nitrogens is 3. The van der Waals surface area contributed by atoms with Gasteiger partial charge >= 0.3 is 0 Å². The molecule has 2 heterocycles. The fourth-order valence-electron chi connectivity index (χ4n) is 4.99. The first-order valence-corrected chi connectivity index (χ1v) is 11.5. The zero-order valence-corrected chi connectivity index (χ0v) is 20.3. The molecule has 0 radical (unpaired) electrons. The molecule has 1 atom stereocenters. The van der Waals surface area contributed by atoms with Gasteiger partial charge in [-0.1, -0.05) is 54.6 Å². The van der Waals surface area contributed by atoms with E-state index in [1.807, 2.05) is 32.7 Å². The lowest BCUT2D eigenvalue weighted by atomic mass is 9.73. The molecule has 0 aliphatic rings. The standard InChI is InChI=1S/C30H29N3O/c1-20-11-12-22(15-21(20)2)25-17-29(34)33(5)27-14-13-24(16-26(25)27)30(3,23-9-7-6-8-10-23)28-18-31-19-32(28)4/h6-19H,1-5H3. The molecule has 2 aromatic heterocycles. The predicted molar refractivity (Wildman–Crippen MR) is 139 cm³/mol. The van der Waals surface area contributed by atoms with E-state index in [-0.39, 0.29) is 5.56 Å². The Hall–Kier alpha value is -3.92. The number of hydrogen-bond acceptors (Lipinski definition) is 2. The van der Waals surface area contributed by atoms with E-state index in [0.717, 1.165) is 33.3 Å². The van der Waals surface area contributed by atoms with Gasteiger partial charge in [0.15, 0.2) is 0 Å². The topological polar surface area (TPSA) is 39.8 Å². The van der Waals surface area contributed by atoms with Gasteiger partial charge in [0.1, 0.15) is 0 Å². The first kappa shape index (κ1) is 21.9. The van der Waals surface area contributed by atoms with Crippen LogP contribution < -0.4 is 5.56 Å². The summed E-state index contributed by atoms with van der Waals surface area (Å²) < 4.78 is 3.82. The molecule has 0 aliphatic heterocycles. The van der Waals surface area contributed by atoms with Gasteiger partial charge < -0.3 is 9.13 Å². The largest absolute Gasteiger partial charge is 0.337 e. The summed E-state index contributed by atoms with van der Waals surface area (Å²) in [5.41, 5.74) is 8.42. The van der Waals surface area contributed by atoms with E-state index in [1.165, 1.54) is 16.7 Å². The van der Waals surface area contributed by atoms with E-state index in [0.29, 0.717) is 0 Å². The van der Waals surface area contributed by atoms with Gasteiger partial charge in [0.2, 0.25) is 0 Å². The number of aryl methyl sites for hydroxylation is 4. The maximum atomic E-state index is 12.9. The van der Waals surface area contributed by atoms with E-state index in [2.05, 4.69) is 91.0 Å². The third-order valence-electron chi connectivity index (χ3n) is 7.32. The van der Waals surface area contributed by atoms with Gasteiger partial charge in [0.25, 0.3) is 5.56 Å². The van der Waals surface area contributed by atoms with Crippen molar-refractivity contribution in [3.05, 3.63) is 124 Å². The molecular formula is C30H29N3O. The molecule has 0 amide bonds. The van der Waals surface area contributed by atoms with Gasteiger partial charge in [-0.3, -0.25) is 4.79 Å². The van der Waals surface area contributed by atoms with E-state index >= 15 is 0 Å². The van der Waals surface area contributed by atoms with Crippen LogP contribution in [0.3, 0.4) is 0 Å². The Morgan fingerprint density at radius 3 is 2.26 bits per heavy atom. The summed E-state index contributed by atoms with van der Waals surface area (Å²) in [6, 6.07) is 25.2. The average Bonchev–Trinajstić information content (AvgIpc) is 3.29. The minimum Gasteiger partial charge on any atom is -0.337 e. The van der Waals surface area contributed by atoms with Gasteiger partial charge in [0, 0.05) is 31.7 Å². The first-order chi connectivity index (χ1) is 16.3. The van der Waals surface area contributed by atoms with E-state index in [1.54, 1.807) is 10.6 Å². The minimum atomic E-state index is -0.421. The molecule has 0 spiro atoms. The Bertz CT molecular complexity index is 1580. The molecule has 5 rings (SSSR count). The monoisotopic (exact) mass is 447 g/mol. The molecule has 0 saturated carbocycles. The molecule has 170 valence electrons. The second-order valence-corrected chi connectivity index (χ2v) is 9.37. The molecule has 4 heteroatoms. The van der Waals surface area contributed by atoms with Crippen LogP contribution in [0.5, 0.6) is 0 Å². The molecule has 1 unspecified atom stereocenters. The maximum absolute atomic E-state index is 12.9. The highest BCUT2D eigenvalue weighted by atomic mass is 16.1. The molecule has 0 bridgehead atoms. The highest BCUT2D eigenvalue weighted by molar-refractivity contribution is 5.95. The van der Waals surface area contributed by atoms with E-state index < -0.39 is 5.41 Å². The second-order valence-electron chi connectivity index (χ2n) is 9.37. The lowest BCUT2D eigenvalue weighted by molar-refractivity contribution is 0.626. The molecule has 0 saturated heterocycles. The zero-order chi connectivity index (χ0) is 24.0. The summed E-state index contributed by atoms with van der Waals surface area (Å²) in [5.74, 6) is 0. The van der Waals surface area contributed by atoms with Crippen molar-refractivity contribution in [2.24, 2.45) is 14.1 Å². The highest BCUT2D eigenvalue weighted by Crippen LogP contribution is 2.40. The summed E-state index contributed by atoms with van der Waals surface area (Å²) in [7, 11) is 3.88. The normalized spacial score (nSPS) is 13.2. The number of hydrogen-bond donors (Lipinski definition) is 0. The van der Waals surface area contributed by atoms with Crippen molar-refractivity contribution < 1.29 is 0 Å². The number of nitrogens with zero attached hydrogens (tertiary/aromatic N) is 3. The Morgan fingerprint density at radius 2 is 1.59 bits per heavy atom. The van der Waals surface area contributed by atoms with Crippen LogP contribution in [-0.2, 0) is 19.5 Å². The van der Waals surface area contributed by atoms with Crippen molar-refractivity contribution in [3.63, 3.8) is 0 Å². The molecule has 34 heavy (non-hydrogen) atoms. The van der Waals surface area contributed by atoms with Gasteiger partial charge in [-0.15, -0.1) is 0 Å². The van der Waals surface area contributed by atoms with Crippen LogP contribution in [0.15, 0.2) is 90.1 Å².